The van der Waals surface area contributed by atoms with Crippen LogP contribution in [0.4, 0.5) is 17.1 Å². The lowest BCUT2D eigenvalue weighted by Gasteiger charge is -2.14. The van der Waals surface area contributed by atoms with E-state index in [4.69, 9.17) is 5.11 Å². The molecule has 3 N–H and O–H groups in total. The number of carboxylic acids is 1. The largest absolute Gasteiger partial charge is 0.478 e. The summed E-state index contributed by atoms with van der Waals surface area (Å²) in [6.07, 6.45) is 1.36. The number of non-ortho nitro benzene ring substituents is 1. The number of rotatable bonds is 8. The van der Waals surface area contributed by atoms with Gasteiger partial charge in [0.25, 0.3) is 15.7 Å². The molecule has 33 heavy (non-hydrogen) atoms. The van der Waals surface area contributed by atoms with Crippen molar-refractivity contribution < 1.29 is 23.2 Å². The molecule has 0 atom stereocenters. The Balaban J connectivity index is 1.92. The second-order valence-corrected chi connectivity index (χ2v) is 8.81. The van der Waals surface area contributed by atoms with E-state index in [2.05, 4.69) is 15.2 Å². The van der Waals surface area contributed by atoms with Crippen LogP contribution < -0.4 is 10.1 Å². The molecule has 3 rings (SSSR count). The molecular weight excluding hydrogens is 448 g/mol. The van der Waals surface area contributed by atoms with Gasteiger partial charge < -0.3 is 5.11 Å². The van der Waals surface area contributed by atoms with Gasteiger partial charge in [0.05, 0.1) is 28.1 Å². The van der Waals surface area contributed by atoms with Crippen molar-refractivity contribution in [1.29, 1.82) is 0 Å². The number of hydrogen-bond acceptors (Lipinski definition) is 7. The lowest BCUT2D eigenvalue weighted by Crippen LogP contribution is -2.16. The quantitative estimate of drug-likeness (QED) is 0.255. The number of anilines is 2. The highest BCUT2D eigenvalue weighted by molar-refractivity contribution is 7.92. The Bertz CT molecular complexity index is 1350. The SMILES string of the molecule is Cc1ccc(NS(=O)(=O)c2cc([N+](=O)[O-])ccc2NN=Cc2ccc(C(=O)O)cc2)c(C)c1. The van der Waals surface area contributed by atoms with E-state index in [0.29, 0.717) is 16.8 Å². The van der Waals surface area contributed by atoms with Crippen LogP contribution in [0.25, 0.3) is 0 Å². The van der Waals surface area contributed by atoms with Crippen molar-refractivity contribution in [1.82, 2.24) is 0 Å². The van der Waals surface area contributed by atoms with E-state index >= 15 is 0 Å². The first-order chi connectivity index (χ1) is 15.6. The van der Waals surface area contributed by atoms with Crippen LogP contribution in [0.15, 0.2) is 70.7 Å². The predicted molar refractivity (Wildman–Crippen MR) is 124 cm³/mol. The van der Waals surface area contributed by atoms with E-state index < -0.39 is 26.6 Å². The van der Waals surface area contributed by atoms with Gasteiger partial charge in [0.1, 0.15) is 4.90 Å². The van der Waals surface area contributed by atoms with Gasteiger partial charge in [-0.15, -0.1) is 0 Å². The van der Waals surface area contributed by atoms with Crippen LogP contribution in [-0.2, 0) is 10.0 Å². The van der Waals surface area contributed by atoms with Crippen molar-refractivity contribution in [2.24, 2.45) is 5.10 Å². The third kappa shape index (κ3) is 5.71. The van der Waals surface area contributed by atoms with Crippen LogP contribution in [0.1, 0.15) is 27.0 Å². The van der Waals surface area contributed by atoms with E-state index in [9.17, 15) is 23.3 Å². The Labute approximate surface area is 189 Å². The average molecular weight is 468 g/mol. The number of nitrogens with one attached hydrogen (secondary N) is 2. The fraction of sp³-hybridized carbons (Fsp3) is 0.0909. The summed E-state index contributed by atoms with van der Waals surface area (Å²) in [6.45, 7) is 3.62. The molecule has 0 heterocycles. The van der Waals surface area contributed by atoms with Crippen molar-refractivity contribution in [3.05, 3.63) is 93.0 Å². The number of aromatic carboxylic acids is 1. The van der Waals surface area contributed by atoms with Gasteiger partial charge in [0.15, 0.2) is 0 Å². The number of hydrazone groups is 1. The number of nitrogens with zero attached hydrogens (tertiary/aromatic N) is 2. The monoisotopic (exact) mass is 468 g/mol. The summed E-state index contributed by atoms with van der Waals surface area (Å²) in [5.74, 6) is -1.06. The molecule has 0 radical (unpaired) electrons. The Morgan fingerprint density at radius 1 is 1.03 bits per heavy atom. The van der Waals surface area contributed by atoms with Gasteiger partial charge in [-0.1, -0.05) is 29.8 Å². The van der Waals surface area contributed by atoms with Crippen molar-refractivity contribution in [3.63, 3.8) is 0 Å². The topological polar surface area (TPSA) is 151 Å². The van der Waals surface area contributed by atoms with Crippen molar-refractivity contribution in [2.75, 3.05) is 10.1 Å². The normalized spacial score (nSPS) is 11.3. The summed E-state index contributed by atoms with van der Waals surface area (Å²) in [7, 11) is -4.20. The maximum Gasteiger partial charge on any atom is 0.335 e. The molecule has 0 spiro atoms. The second kappa shape index (κ2) is 9.49. The van der Waals surface area contributed by atoms with Crippen molar-refractivity contribution >= 4 is 39.3 Å². The molecule has 0 fully saturated rings. The first kappa shape index (κ1) is 23.4. The highest BCUT2D eigenvalue weighted by Crippen LogP contribution is 2.29. The number of nitro groups is 1. The fourth-order valence-electron chi connectivity index (χ4n) is 2.96. The molecule has 0 saturated carbocycles. The number of benzene rings is 3. The molecule has 3 aromatic rings. The Morgan fingerprint density at radius 3 is 2.30 bits per heavy atom. The molecule has 0 aliphatic heterocycles. The number of sulfonamides is 1. The molecule has 170 valence electrons. The second-order valence-electron chi connectivity index (χ2n) is 7.16. The highest BCUT2D eigenvalue weighted by atomic mass is 32.2. The Morgan fingerprint density at radius 2 is 1.70 bits per heavy atom. The van der Waals surface area contributed by atoms with E-state index in [-0.39, 0.29) is 16.1 Å². The van der Waals surface area contributed by atoms with Gasteiger partial charge in [-0.2, -0.15) is 5.10 Å². The number of aryl methyl sites for hydroxylation is 2. The van der Waals surface area contributed by atoms with Crippen LogP contribution in [-0.4, -0.2) is 30.6 Å². The first-order valence-corrected chi connectivity index (χ1v) is 11.1. The van der Waals surface area contributed by atoms with Crippen LogP contribution >= 0.6 is 0 Å². The minimum atomic E-state index is -4.20. The minimum absolute atomic E-state index is 0.0243. The molecule has 0 bridgehead atoms. The Hall–Kier alpha value is -4.25. The molecule has 11 heteroatoms. The van der Waals surface area contributed by atoms with Crippen LogP contribution in [0, 0.1) is 24.0 Å². The van der Waals surface area contributed by atoms with Gasteiger partial charge in [-0.05, 0) is 49.2 Å². The van der Waals surface area contributed by atoms with E-state index in [0.717, 1.165) is 17.7 Å². The molecule has 0 aliphatic carbocycles. The lowest BCUT2D eigenvalue weighted by molar-refractivity contribution is -0.385. The van der Waals surface area contributed by atoms with Gasteiger partial charge in [0, 0.05) is 12.1 Å². The van der Waals surface area contributed by atoms with Gasteiger partial charge in [-0.25, -0.2) is 13.2 Å². The zero-order chi connectivity index (χ0) is 24.2. The van der Waals surface area contributed by atoms with Crippen LogP contribution in [0.3, 0.4) is 0 Å². The Kier molecular flexibility index (Phi) is 6.73. The molecule has 0 unspecified atom stereocenters. The van der Waals surface area contributed by atoms with Gasteiger partial charge >= 0.3 is 5.97 Å². The number of carbonyl (C=O) groups is 1. The van der Waals surface area contributed by atoms with E-state index in [1.165, 1.54) is 36.5 Å². The molecule has 0 aromatic heterocycles. The maximum absolute atomic E-state index is 13.1. The van der Waals surface area contributed by atoms with Gasteiger partial charge in [-0.3, -0.25) is 20.3 Å². The standard InChI is InChI=1S/C22H20N4O6S/c1-14-3-9-19(15(2)11-14)25-33(31,32)21-12-18(26(29)30)8-10-20(21)24-23-13-16-4-6-17(7-5-16)22(27)28/h3-13,24-25H,1-2H3,(H,27,28). The third-order valence-electron chi connectivity index (χ3n) is 4.65. The van der Waals surface area contributed by atoms with E-state index in [1.54, 1.807) is 19.1 Å². The number of hydrogen-bond donors (Lipinski definition) is 3. The zero-order valence-corrected chi connectivity index (χ0v) is 18.5. The summed E-state index contributed by atoms with van der Waals surface area (Å²) >= 11 is 0. The molecular formula is C22H20N4O6S. The maximum atomic E-state index is 13.1. The number of nitro benzene ring substituents is 1. The summed E-state index contributed by atoms with van der Waals surface area (Å²) in [5.41, 5.74) is 4.90. The minimum Gasteiger partial charge on any atom is -0.478 e. The van der Waals surface area contributed by atoms with Gasteiger partial charge in [0.2, 0.25) is 0 Å². The zero-order valence-electron chi connectivity index (χ0n) is 17.6. The summed E-state index contributed by atoms with van der Waals surface area (Å²) < 4.78 is 28.6. The smallest absolute Gasteiger partial charge is 0.335 e. The van der Waals surface area contributed by atoms with Crippen LogP contribution in [0.5, 0.6) is 0 Å². The summed E-state index contributed by atoms with van der Waals surface area (Å²) in [4.78, 5) is 21.1. The number of carboxylic acid groups (broad SMARTS) is 1. The van der Waals surface area contributed by atoms with Crippen molar-refractivity contribution in [2.45, 2.75) is 18.7 Å². The van der Waals surface area contributed by atoms with Crippen LogP contribution in [0.2, 0.25) is 0 Å². The highest BCUT2D eigenvalue weighted by Gasteiger charge is 2.23. The lowest BCUT2D eigenvalue weighted by atomic mass is 10.1. The molecule has 0 aliphatic rings. The molecule has 3 aromatic carbocycles. The third-order valence-corrected chi connectivity index (χ3v) is 6.05. The average Bonchev–Trinajstić information content (AvgIpc) is 2.76. The summed E-state index contributed by atoms with van der Waals surface area (Å²) in [5, 5.41) is 24.1. The molecule has 10 nitrogen and oxygen atoms in total. The predicted octanol–water partition coefficient (Wildman–Crippen LogP) is 4.16. The summed E-state index contributed by atoms with van der Waals surface area (Å²) in [6, 6.07) is 14.4. The molecule has 0 saturated heterocycles. The van der Waals surface area contributed by atoms with E-state index in [1.807, 2.05) is 13.0 Å². The van der Waals surface area contributed by atoms with Crippen molar-refractivity contribution in [3.8, 4) is 0 Å². The first-order valence-electron chi connectivity index (χ1n) is 9.58. The molecule has 0 amide bonds. The fourth-order valence-corrected chi connectivity index (χ4v) is 4.26.